The number of aromatic nitrogens is 2. The van der Waals surface area contributed by atoms with E-state index in [0.29, 0.717) is 23.7 Å². The van der Waals surface area contributed by atoms with E-state index in [2.05, 4.69) is 10.4 Å². The number of carbonyl (C=O) groups excluding carboxylic acids is 1. The molecular formula is C16H19N3O4. The van der Waals surface area contributed by atoms with Crippen molar-refractivity contribution >= 4 is 11.7 Å². The van der Waals surface area contributed by atoms with Crippen LogP contribution in [0.15, 0.2) is 18.3 Å². The number of anilines is 1. The van der Waals surface area contributed by atoms with Crippen LogP contribution < -0.4 is 19.5 Å². The Balaban J connectivity index is 2.13. The molecule has 0 saturated heterocycles. The van der Waals surface area contributed by atoms with Crippen molar-refractivity contribution in [1.29, 1.82) is 0 Å². The van der Waals surface area contributed by atoms with E-state index in [9.17, 15) is 4.79 Å². The molecule has 122 valence electrons. The standard InChI is InChI=1S/C16H19N3O4/c1-19-16-11(8-17-19)10(7-14(20)18-16)9-5-12(21-2)15(23-4)13(6-9)22-3/h5-6,8,10H,7H2,1-4H3,(H,18,20)/t10-/m0/s1. The minimum atomic E-state index is -0.110. The van der Waals surface area contributed by atoms with Gasteiger partial charge in [-0.05, 0) is 17.7 Å². The van der Waals surface area contributed by atoms with Gasteiger partial charge in [0, 0.05) is 24.9 Å². The minimum Gasteiger partial charge on any atom is -0.493 e. The van der Waals surface area contributed by atoms with E-state index < -0.39 is 0 Å². The number of aryl methyl sites for hydroxylation is 1. The molecule has 1 N–H and O–H groups in total. The van der Waals surface area contributed by atoms with Gasteiger partial charge in [-0.1, -0.05) is 0 Å². The van der Waals surface area contributed by atoms with Crippen molar-refractivity contribution in [2.75, 3.05) is 26.6 Å². The maximum absolute atomic E-state index is 12.1. The van der Waals surface area contributed by atoms with Crippen molar-refractivity contribution in [1.82, 2.24) is 9.78 Å². The predicted molar refractivity (Wildman–Crippen MR) is 84.4 cm³/mol. The molecule has 2 heterocycles. The first-order valence-corrected chi connectivity index (χ1v) is 7.20. The molecule has 3 rings (SSSR count). The van der Waals surface area contributed by atoms with E-state index in [4.69, 9.17) is 14.2 Å². The lowest BCUT2D eigenvalue weighted by Crippen LogP contribution is -2.24. The molecule has 0 bridgehead atoms. The Bertz CT molecular complexity index is 729. The fourth-order valence-electron chi connectivity index (χ4n) is 2.94. The highest BCUT2D eigenvalue weighted by Crippen LogP contribution is 2.44. The number of rotatable bonds is 4. The second-order valence-electron chi connectivity index (χ2n) is 5.34. The molecule has 0 fully saturated rings. The molecule has 0 saturated carbocycles. The highest BCUT2D eigenvalue weighted by molar-refractivity contribution is 5.94. The average Bonchev–Trinajstić information content (AvgIpc) is 2.93. The molecule has 1 aromatic carbocycles. The van der Waals surface area contributed by atoms with Crippen LogP contribution in [0.25, 0.3) is 0 Å². The van der Waals surface area contributed by atoms with Crippen LogP contribution >= 0.6 is 0 Å². The summed E-state index contributed by atoms with van der Waals surface area (Å²) >= 11 is 0. The van der Waals surface area contributed by atoms with E-state index in [1.54, 1.807) is 39.3 Å². The third-order valence-electron chi connectivity index (χ3n) is 4.08. The number of hydrogen-bond donors (Lipinski definition) is 1. The number of amides is 1. The molecule has 1 aromatic heterocycles. The zero-order valence-electron chi connectivity index (χ0n) is 13.5. The lowest BCUT2D eigenvalue weighted by molar-refractivity contribution is -0.116. The van der Waals surface area contributed by atoms with E-state index in [1.807, 2.05) is 12.1 Å². The Morgan fingerprint density at radius 3 is 2.39 bits per heavy atom. The maximum Gasteiger partial charge on any atom is 0.226 e. The number of hydrogen-bond acceptors (Lipinski definition) is 5. The van der Waals surface area contributed by atoms with Gasteiger partial charge in [-0.15, -0.1) is 0 Å². The maximum atomic E-state index is 12.1. The molecule has 2 aromatic rings. The number of ether oxygens (including phenoxy) is 3. The van der Waals surface area contributed by atoms with E-state index in [-0.39, 0.29) is 11.8 Å². The Kier molecular flexibility index (Phi) is 3.85. The van der Waals surface area contributed by atoms with Crippen molar-refractivity contribution < 1.29 is 19.0 Å². The zero-order chi connectivity index (χ0) is 16.6. The molecule has 0 aliphatic carbocycles. The summed E-state index contributed by atoms with van der Waals surface area (Å²) < 4.78 is 17.8. The van der Waals surface area contributed by atoms with Crippen molar-refractivity contribution in [2.24, 2.45) is 7.05 Å². The Labute approximate surface area is 134 Å². The van der Waals surface area contributed by atoms with Gasteiger partial charge in [-0.25, -0.2) is 0 Å². The molecule has 0 spiro atoms. The fourth-order valence-corrected chi connectivity index (χ4v) is 2.94. The van der Waals surface area contributed by atoms with Crippen LogP contribution in [-0.4, -0.2) is 37.0 Å². The van der Waals surface area contributed by atoms with Crippen molar-refractivity contribution in [2.45, 2.75) is 12.3 Å². The number of benzene rings is 1. The normalized spacial score (nSPS) is 16.5. The quantitative estimate of drug-likeness (QED) is 0.932. The Morgan fingerprint density at radius 2 is 1.83 bits per heavy atom. The molecule has 0 radical (unpaired) electrons. The summed E-state index contributed by atoms with van der Waals surface area (Å²) in [4.78, 5) is 12.1. The third kappa shape index (κ3) is 2.48. The van der Waals surface area contributed by atoms with E-state index in [1.165, 1.54) is 0 Å². The molecule has 7 nitrogen and oxygen atoms in total. The van der Waals surface area contributed by atoms with E-state index in [0.717, 1.165) is 16.9 Å². The van der Waals surface area contributed by atoms with Crippen molar-refractivity contribution in [3.05, 3.63) is 29.5 Å². The first-order valence-electron chi connectivity index (χ1n) is 7.20. The SMILES string of the molecule is COc1cc([C@@H]2CC(=O)Nc3c2cnn3C)cc(OC)c1OC. The van der Waals surface area contributed by atoms with Crippen LogP contribution in [0.5, 0.6) is 17.2 Å². The summed E-state index contributed by atoms with van der Waals surface area (Å²) in [5.41, 5.74) is 1.89. The van der Waals surface area contributed by atoms with Gasteiger partial charge in [0.1, 0.15) is 5.82 Å². The number of fused-ring (bicyclic) bond motifs is 1. The van der Waals surface area contributed by atoms with Crippen LogP contribution in [-0.2, 0) is 11.8 Å². The lowest BCUT2D eigenvalue weighted by atomic mass is 9.87. The largest absolute Gasteiger partial charge is 0.493 e. The van der Waals surface area contributed by atoms with Gasteiger partial charge >= 0.3 is 0 Å². The van der Waals surface area contributed by atoms with Gasteiger partial charge in [0.2, 0.25) is 11.7 Å². The van der Waals surface area contributed by atoms with Gasteiger partial charge in [-0.2, -0.15) is 5.10 Å². The summed E-state index contributed by atoms with van der Waals surface area (Å²) in [5, 5.41) is 7.10. The molecular weight excluding hydrogens is 298 g/mol. The minimum absolute atomic E-state index is 0.0418. The summed E-state index contributed by atoms with van der Waals surface area (Å²) in [6, 6.07) is 3.75. The van der Waals surface area contributed by atoms with Crippen LogP contribution in [0, 0.1) is 0 Å². The summed E-state index contributed by atoms with van der Waals surface area (Å²) in [7, 11) is 6.51. The van der Waals surface area contributed by atoms with Gasteiger partial charge in [0.05, 0.1) is 27.5 Å². The lowest BCUT2D eigenvalue weighted by Gasteiger charge is -2.24. The number of nitrogens with zero attached hydrogens (tertiary/aromatic N) is 2. The highest BCUT2D eigenvalue weighted by Gasteiger charge is 2.30. The predicted octanol–water partition coefficient (Wildman–Crippen LogP) is 1.92. The molecule has 1 aliphatic rings. The van der Waals surface area contributed by atoms with Crippen LogP contribution in [0.4, 0.5) is 5.82 Å². The van der Waals surface area contributed by atoms with Crippen LogP contribution in [0.3, 0.4) is 0 Å². The van der Waals surface area contributed by atoms with Crippen molar-refractivity contribution in [3.8, 4) is 17.2 Å². The second kappa shape index (κ2) is 5.83. The average molecular weight is 317 g/mol. The third-order valence-corrected chi connectivity index (χ3v) is 4.08. The van der Waals surface area contributed by atoms with Gasteiger partial charge in [0.25, 0.3) is 0 Å². The molecule has 1 amide bonds. The fraction of sp³-hybridized carbons (Fsp3) is 0.375. The Morgan fingerprint density at radius 1 is 1.17 bits per heavy atom. The smallest absolute Gasteiger partial charge is 0.226 e. The summed E-state index contributed by atoms with van der Waals surface area (Å²) in [6.45, 7) is 0. The molecule has 1 aliphatic heterocycles. The van der Waals surface area contributed by atoms with Gasteiger partial charge < -0.3 is 19.5 Å². The highest BCUT2D eigenvalue weighted by atomic mass is 16.5. The molecule has 0 unspecified atom stereocenters. The van der Waals surface area contributed by atoms with Gasteiger partial charge in [0.15, 0.2) is 11.5 Å². The zero-order valence-corrected chi connectivity index (χ0v) is 13.5. The monoisotopic (exact) mass is 317 g/mol. The first-order chi connectivity index (χ1) is 11.1. The van der Waals surface area contributed by atoms with Crippen LogP contribution in [0.1, 0.15) is 23.5 Å². The molecule has 7 heteroatoms. The number of methoxy groups -OCH3 is 3. The second-order valence-corrected chi connectivity index (χ2v) is 5.34. The topological polar surface area (TPSA) is 74.6 Å². The van der Waals surface area contributed by atoms with Crippen LogP contribution in [0.2, 0.25) is 0 Å². The molecule has 23 heavy (non-hydrogen) atoms. The summed E-state index contributed by atoms with van der Waals surface area (Å²) in [6.07, 6.45) is 2.12. The van der Waals surface area contributed by atoms with E-state index >= 15 is 0 Å². The van der Waals surface area contributed by atoms with Gasteiger partial charge in [-0.3, -0.25) is 9.48 Å². The molecule has 1 atom stereocenters. The number of nitrogens with one attached hydrogen (secondary N) is 1. The summed E-state index contributed by atoms with van der Waals surface area (Å²) in [5.74, 6) is 2.24. The number of carbonyl (C=O) groups is 1. The Hall–Kier alpha value is -2.70. The van der Waals surface area contributed by atoms with Crippen molar-refractivity contribution in [3.63, 3.8) is 0 Å². The first kappa shape index (κ1) is 15.2.